The second-order valence-corrected chi connectivity index (χ2v) is 3.54. The SMILES string of the molecule is Cc1cc2cccc-2cs1. The predicted octanol–water partition coefficient (Wildman–Crippen LogP) is 3.16. The highest BCUT2D eigenvalue weighted by atomic mass is 32.1. The fraction of sp³-hybridized carbons (Fsp3) is 0.111. The maximum Gasteiger partial charge on any atom is 0.00203 e. The molecule has 0 N–H and O–H groups in total. The van der Waals surface area contributed by atoms with E-state index in [1.54, 1.807) is 11.3 Å². The molecule has 1 aliphatic heterocycles. The fourth-order valence-electron chi connectivity index (χ4n) is 1.10. The molecule has 0 fully saturated rings. The molecule has 0 saturated heterocycles. The quantitative estimate of drug-likeness (QED) is 0.538. The second-order valence-electron chi connectivity index (χ2n) is 2.43. The van der Waals surface area contributed by atoms with Gasteiger partial charge in [-0.25, -0.2) is 0 Å². The third-order valence-corrected chi connectivity index (χ3v) is 2.48. The zero-order valence-electron chi connectivity index (χ0n) is 5.79. The highest BCUT2D eigenvalue weighted by Gasteiger charge is 1.99. The van der Waals surface area contributed by atoms with Crippen molar-refractivity contribution in [1.29, 1.82) is 0 Å². The van der Waals surface area contributed by atoms with Crippen molar-refractivity contribution in [2.24, 2.45) is 0 Å². The summed E-state index contributed by atoms with van der Waals surface area (Å²) in [6.45, 7) is 2.14. The van der Waals surface area contributed by atoms with E-state index in [1.165, 1.54) is 16.0 Å². The van der Waals surface area contributed by atoms with Gasteiger partial charge in [-0.15, -0.1) is 11.3 Å². The largest absolute Gasteiger partial charge is 0.149 e. The highest BCUT2D eigenvalue weighted by Crippen LogP contribution is 2.26. The van der Waals surface area contributed by atoms with Gasteiger partial charge < -0.3 is 0 Å². The first-order valence-corrected chi connectivity index (χ1v) is 4.18. The van der Waals surface area contributed by atoms with E-state index in [2.05, 4.69) is 36.6 Å². The van der Waals surface area contributed by atoms with Crippen molar-refractivity contribution < 1.29 is 0 Å². The highest BCUT2D eigenvalue weighted by molar-refractivity contribution is 7.09. The Balaban J connectivity index is 2.75. The zero-order valence-corrected chi connectivity index (χ0v) is 6.61. The maximum atomic E-state index is 2.22. The fourth-order valence-corrected chi connectivity index (χ4v) is 1.82. The first-order chi connectivity index (χ1) is 4.86. The number of hydrogen-bond donors (Lipinski definition) is 0. The molecule has 50 valence electrons. The number of aryl methyl sites for hydroxylation is 1. The van der Waals surface area contributed by atoms with Gasteiger partial charge in [0, 0.05) is 4.88 Å². The molecular formula is C9H8S. The Bertz CT molecular complexity index is 309. The summed E-state index contributed by atoms with van der Waals surface area (Å²) in [5, 5.41) is 2.20. The Hall–Kier alpha value is -0.820. The Kier molecular flexibility index (Phi) is 1.24. The predicted molar refractivity (Wildman–Crippen MR) is 45.7 cm³/mol. The number of rotatable bonds is 0. The van der Waals surface area contributed by atoms with Gasteiger partial charge in [0.25, 0.3) is 0 Å². The monoisotopic (exact) mass is 148 g/mol. The summed E-state index contributed by atoms with van der Waals surface area (Å²) in [7, 11) is 0. The van der Waals surface area contributed by atoms with Crippen LogP contribution in [0.5, 0.6) is 0 Å². The van der Waals surface area contributed by atoms with Crippen molar-refractivity contribution in [2.45, 2.75) is 6.92 Å². The average Bonchev–Trinajstić information content (AvgIpc) is 2.33. The van der Waals surface area contributed by atoms with Crippen molar-refractivity contribution in [3.05, 3.63) is 34.5 Å². The lowest BCUT2D eigenvalue weighted by atomic mass is 10.2. The van der Waals surface area contributed by atoms with Gasteiger partial charge in [0.15, 0.2) is 0 Å². The lowest BCUT2D eigenvalue weighted by Gasteiger charge is -1.96. The van der Waals surface area contributed by atoms with E-state index in [4.69, 9.17) is 0 Å². The van der Waals surface area contributed by atoms with Crippen LogP contribution in [0.25, 0.3) is 11.1 Å². The molecule has 0 aromatic heterocycles. The van der Waals surface area contributed by atoms with Crippen LogP contribution >= 0.6 is 11.3 Å². The van der Waals surface area contributed by atoms with Crippen LogP contribution in [0.2, 0.25) is 0 Å². The van der Waals surface area contributed by atoms with Crippen LogP contribution in [-0.4, -0.2) is 0 Å². The van der Waals surface area contributed by atoms with Gasteiger partial charge >= 0.3 is 0 Å². The third kappa shape index (κ3) is 0.830. The van der Waals surface area contributed by atoms with Crippen LogP contribution in [0.15, 0.2) is 29.6 Å². The Labute approximate surface area is 64.5 Å². The summed E-state index contributed by atoms with van der Waals surface area (Å²) in [6, 6.07) is 8.61. The molecule has 0 radical (unpaired) electrons. The Morgan fingerprint density at radius 2 is 2.00 bits per heavy atom. The maximum absolute atomic E-state index is 2.22. The molecule has 0 atom stereocenters. The molecule has 1 heterocycles. The zero-order chi connectivity index (χ0) is 6.97. The minimum atomic E-state index is 1.36. The molecule has 2 aliphatic rings. The number of hydrogen-bond acceptors (Lipinski definition) is 1. The lowest BCUT2D eigenvalue weighted by molar-refractivity contribution is 1.61. The molecule has 0 amide bonds. The molecule has 2 rings (SSSR count). The average molecular weight is 148 g/mol. The van der Waals surface area contributed by atoms with Crippen molar-refractivity contribution >= 4 is 11.3 Å². The van der Waals surface area contributed by atoms with Crippen molar-refractivity contribution in [2.75, 3.05) is 0 Å². The Morgan fingerprint density at radius 3 is 2.90 bits per heavy atom. The topological polar surface area (TPSA) is 0 Å². The summed E-state index contributed by atoms with van der Waals surface area (Å²) in [5.41, 5.74) is 2.71. The van der Waals surface area contributed by atoms with E-state index in [1.807, 2.05) is 0 Å². The van der Waals surface area contributed by atoms with E-state index in [-0.39, 0.29) is 0 Å². The smallest absolute Gasteiger partial charge is 0.00203 e. The van der Waals surface area contributed by atoms with Gasteiger partial charge in [-0.2, -0.15) is 0 Å². The van der Waals surface area contributed by atoms with Gasteiger partial charge in [0.1, 0.15) is 0 Å². The van der Waals surface area contributed by atoms with E-state index >= 15 is 0 Å². The second kappa shape index (κ2) is 2.10. The first kappa shape index (κ1) is 5.93. The minimum absolute atomic E-state index is 1.36. The minimum Gasteiger partial charge on any atom is -0.149 e. The summed E-state index contributed by atoms with van der Waals surface area (Å²) in [6.07, 6.45) is 0. The molecule has 0 aromatic rings. The summed E-state index contributed by atoms with van der Waals surface area (Å²) in [4.78, 5) is 1.37. The summed E-state index contributed by atoms with van der Waals surface area (Å²) >= 11 is 1.80. The van der Waals surface area contributed by atoms with E-state index in [0.717, 1.165) is 0 Å². The van der Waals surface area contributed by atoms with Crippen LogP contribution < -0.4 is 0 Å². The molecular weight excluding hydrogens is 140 g/mol. The van der Waals surface area contributed by atoms with Crippen LogP contribution in [0.4, 0.5) is 0 Å². The lowest BCUT2D eigenvalue weighted by Crippen LogP contribution is -1.70. The van der Waals surface area contributed by atoms with Crippen molar-refractivity contribution in [3.8, 4) is 11.1 Å². The van der Waals surface area contributed by atoms with Gasteiger partial charge in [-0.05, 0) is 29.5 Å². The summed E-state index contributed by atoms with van der Waals surface area (Å²) < 4.78 is 0. The van der Waals surface area contributed by atoms with Crippen LogP contribution in [0, 0.1) is 6.92 Å². The first-order valence-electron chi connectivity index (χ1n) is 3.30. The van der Waals surface area contributed by atoms with Crippen LogP contribution in [0.1, 0.15) is 4.88 Å². The van der Waals surface area contributed by atoms with Gasteiger partial charge in [-0.1, -0.05) is 18.2 Å². The summed E-state index contributed by atoms with van der Waals surface area (Å²) in [5.74, 6) is 0. The standard InChI is InChI=1S/C9H8S/c1-7-5-8-3-2-4-9(8)6-10-7/h2-6H,1H3. The molecule has 0 unspecified atom stereocenters. The van der Waals surface area contributed by atoms with Crippen molar-refractivity contribution in [1.82, 2.24) is 0 Å². The van der Waals surface area contributed by atoms with E-state index < -0.39 is 0 Å². The molecule has 0 nitrogen and oxygen atoms in total. The van der Waals surface area contributed by atoms with E-state index in [0.29, 0.717) is 0 Å². The van der Waals surface area contributed by atoms with Gasteiger partial charge in [0.05, 0.1) is 0 Å². The van der Waals surface area contributed by atoms with Crippen LogP contribution in [0.3, 0.4) is 0 Å². The van der Waals surface area contributed by atoms with Gasteiger partial charge in [-0.3, -0.25) is 0 Å². The van der Waals surface area contributed by atoms with E-state index in [9.17, 15) is 0 Å². The molecule has 0 bridgehead atoms. The van der Waals surface area contributed by atoms with Gasteiger partial charge in [0.2, 0.25) is 0 Å². The Morgan fingerprint density at radius 1 is 1.20 bits per heavy atom. The normalized spacial score (nSPS) is 10.5. The van der Waals surface area contributed by atoms with Crippen molar-refractivity contribution in [3.63, 3.8) is 0 Å². The molecule has 10 heavy (non-hydrogen) atoms. The van der Waals surface area contributed by atoms with Crippen LogP contribution in [-0.2, 0) is 0 Å². The number of fused-ring (bicyclic) bond motifs is 1. The molecule has 0 spiro atoms. The molecule has 1 heteroatoms. The third-order valence-electron chi connectivity index (χ3n) is 1.62. The molecule has 0 aromatic carbocycles. The molecule has 1 aliphatic carbocycles. The molecule has 0 saturated carbocycles.